The SMILES string of the molecule is C/C(=N/NC(=O)CN1CCCC1=O)c1ccc(NC2=NCCCS2)cc1. The van der Waals surface area contributed by atoms with Crippen molar-refractivity contribution >= 4 is 40.1 Å². The number of rotatable bonds is 5. The van der Waals surface area contributed by atoms with E-state index in [0.29, 0.717) is 18.7 Å². The van der Waals surface area contributed by atoms with Gasteiger partial charge in [-0.15, -0.1) is 0 Å². The highest BCUT2D eigenvalue weighted by atomic mass is 32.2. The van der Waals surface area contributed by atoms with Gasteiger partial charge in [0.25, 0.3) is 5.91 Å². The molecule has 0 radical (unpaired) electrons. The van der Waals surface area contributed by atoms with Gasteiger partial charge in [0.1, 0.15) is 6.54 Å². The maximum Gasteiger partial charge on any atom is 0.259 e. The van der Waals surface area contributed by atoms with E-state index in [9.17, 15) is 9.59 Å². The van der Waals surface area contributed by atoms with Crippen LogP contribution in [0.2, 0.25) is 0 Å². The van der Waals surface area contributed by atoms with Crippen LogP contribution in [-0.4, -0.2) is 53.0 Å². The van der Waals surface area contributed by atoms with Gasteiger partial charge >= 0.3 is 0 Å². The molecule has 2 N–H and O–H groups in total. The predicted molar refractivity (Wildman–Crippen MR) is 106 cm³/mol. The summed E-state index contributed by atoms with van der Waals surface area (Å²) in [7, 11) is 0. The third-order valence-corrected chi connectivity index (χ3v) is 5.20. The van der Waals surface area contributed by atoms with Crippen LogP contribution in [0.1, 0.15) is 31.7 Å². The first-order valence-electron chi connectivity index (χ1n) is 8.77. The van der Waals surface area contributed by atoms with Crippen LogP contribution in [0.4, 0.5) is 5.69 Å². The molecule has 138 valence electrons. The number of nitrogens with one attached hydrogen (secondary N) is 2. The molecule has 7 nitrogen and oxygen atoms in total. The van der Waals surface area contributed by atoms with Gasteiger partial charge in [0.2, 0.25) is 5.91 Å². The molecule has 0 atom stereocenters. The summed E-state index contributed by atoms with van der Waals surface area (Å²) in [5.41, 5.74) is 5.14. The lowest BCUT2D eigenvalue weighted by Gasteiger charge is -2.14. The van der Waals surface area contributed by atoms with Crippen LogP contribution in [0.25, 0.3) is 0 Å². The van der Waals surface area contributed by atoms with E-state index in [1.54, 1.807) is 16.7 Å². The highest BCUT2D eigenvalue weighted by molar-refractivity contribution is 8.14. The molecule has 0 aromatic heterocycles. The van der Waals surface area contributed by atoms with Gasteiger partial charge in [-0.3, -0.25) is 14.6 Å². The Morgan fingerprint density at radius 2 is 2.12 bits per heavy atom. The normalized spacial score (nSPS) is 17.9. The first-order valence-corrected chi connectivity index (χ1v) is 9.76. The molecule has 1 aromatic rings. The van der Waals surface area contributed by atoms with Gasteiger partial charge in [-0.25, -0.2) is 5.43 Å². The average molecular weight is 373 g/mol. The van der Waals surface area contributed by atoms with Gasteiger partial charge in [-0.2, -0.15) is 5.10 Å². The van der Waals surface area contributed by atoms with Crippen LogP contribution in [0.3, 0.4) is 0 Å². The highest BCUT2D eigenvalue weighted by Gasteiger charge is 2.22. The molecular formula is C18H23N5O2S. The molecule has 2 amide bonds. The lowest BCUT2D eigenvalue weighted by atomic mass is 10.1. The zero-order chi connectivity index (χ0) is 18.4. The number of anilines is 1. The van der Waals surface area contributed by atoms with Gasteiger partial charge in [0.15, 0.2) is 5.17 Å². The Hall–Kier alpha value is -2.35. The second-order valence-electron chi connectivity index (χ2n) is 6.24. The van der Waals surface area contributed by atoms with Crippen molar-refractivity contribution in [2.24, 2.45) is 10.1 Å². The molecule has 3 rings (SSSR count). The van der Waals surface area contributed by atoms with E-state index >= 15 is 0 Å². The van der Waals surface area contributed by atoms with Gasteiger partial charge < -0.3 is 10.2 Å². The Bertz CT molecular complexity index is 730. The van der Waals surface area contributed by atoms with E-state index in [0.717, 1.165) is 41.6 Å². The number of aliphatic imine (C=N–C) groups is 1. The quantitative estimate of drug-likeness (QED) is 0.611. The summed E-state index contributed by atoms with van der Waals surface area (Å²) in [6.07, 6.45) is 2.47. The molecule has 2 aliphatic heterocycles. The number of likely N-dealkylation sites (tertiary alicyclic amines) is 1. The molecule has 0 spiro atoms. The van der Waals surface area contributed by atoms with Crippen molar-refractivity contribution in [3.05, 3.63) is 29.8 Å². The Balaban J connectivity index is 1.52. The van der Waals surface area contributed by atoms with Crippen molar-refractivity contribution in [1.29, 1.82) is 0 Å². The fraction of sp³-hybridized carbons (Fsp3) is 0.444. The number of amidine groups is 1. The van der Waals surface area contributed by atoms with E-state index in [1.807, 2.05) is 31.2 Å². The maximum absolute atomic E-state index is 11.9. The van der Waals surface area contributed by atoms with E-state index in [2.05, 4.69) is 20.8 Å². The molecule has 0 saturated carbocycles. The smallest absolute Gasteiger partial charge is 0.259 e. The Labute approximate surface area is 157 Å². The second-order valence-corrected chi connectivity index (χ2v) is 7.33. The molecule has 0 unspecified atom stereocenters. The van der Waals surface area contributed by atoms with Gasteiger partial charge in [0.05, 0.1) is 5.71 Å². The first-order chi connectivity index (χ1) is 12.6. The van der Waals surface area contributed by atoms with Crippen LogP contribution >= 0.6 is 11.8 Å². The zero-order valence-corrected chi connectivity index (χ0v) is 15.6. The molecule has 0 bridgehead atoms. The van der Waals surface area contributed by atoms with Crippen molar-refractivity contribution in [3.63, 3.8) is 0 Å². The van der Waals surface area contributed by atoms with Crippen molar-refractivity contribution in [3.8, 4) is 0 Å². The average Bonchev–Trinajstić information content (AvgIpc) is 3.06. The first kappa shape index (κ1) is 18.4. The molecule has 8 heteroatoms. The molecule has 0 aliphatic carbocycles. The monoisotopic (exact) mass is 373 g/mol. The largest absolute Gasteiger partial charge is 0.335 e. The topological polar surface area (TPSA) is 86.2 Å². The summed E-state index contributed by atoms with van der Waals surface area (Å²) in [5.74, 6) is 0.855. The summed E-state index contributed by atoms with van der Waals surface area (Å²) in [4.78, 5) is 29.5. The van der Waals surface area contributed by atoms with Crippen LogP contribution in [0.5, 0.6) is 0 Å². The number of carbonyl (C=O) groups is 2. The molecule has 1 fully saturated rings. The fourth-order valence-electron chi connectivity index (χ4n) is 2.74. The summed E-state index contributed by atoms with van der Waals surface area (Å²) in [6, 6.07) is 7.84. The predicted octanol–water partition coefficient (Wildman–Crippen LogP) is 2.05. The van der Waals surface area contributed by atoms with Crippen molar-refractivity contribution < 1.29 is 9.59 Å². The number of amides is 2. The molecule has 2 aliphatic rings. The number of hydrogen-bond acceptors (Lipinski definition) is 6. The Kier molecular flexibility index (Phi) is 6.27. The van der Waals surface area contributed by atoms with Crippen LogP contribution in [-0.2, 0) is 9.59 Å². The van der Waals surface area contributed by atoms with E-state index in [1.165, 1.54) is 0 Å². The van der Waals surface area contributed by atoms with Crippen molar-refractivity contribution in [2.75, 3.05) is 30.7 Å². The molecule has 1 aromatic carbocycles. The highest BCUT2D eigenvalue weighted by Crippen LogP contribution is 2.17. The molecular weight excluding hydrogens is 350 g/mol. The molecule has 2 heterocycles. The number of carbonyl (C=O) groups excluding carboxylic acids is 2. The molecule has 26 heavy (non-hydrogen) atoms. The van der Waals surface area contributed by atoms with Crippen LogP contribution < -0.4 is 10.7 Å². The summed E-state index contributed by atoms with van der Waals surface area (Å²) < 4.78 is 0. The minimum atomic E-state index is -0.273. The van der Waals surface area contributed by atoms with E-state index in [-0.39, 0.29) is 18.4 Å². The van der Waals surface area contributed by atoms with E-state index in [4.69, 9.17) is 0 Å². The standard InChI is InChI=1S/C18H23N5O2S/c1-13(21-22-16(24)12-23-10-2-4-17(23)25)14-5-7-15(8-6-14)20-18-19-9-3-11-26-18/h5-8H,2-4,9-12H2,1H3,(H,19,20)(H,22,24)/b21-13-. The fourth-order valence-corrected chi connectivity index (χ4v) is 3.58. The Morgan fingerprint density at radius 3 is 2.77 bits per heavy atom. The van der Waals surface area contributed by atoms with Gasteiger partial charge in [-0.1, -0.05) is 23.9 Å². The van der Waals surface area contributed by atoms with Gasteiger partial charge in [0, 0.05) is 31.0 Å². The minimum Gasteiger partial charge on any atom is -0.335 e. The van der Waals surface area contributed by atoms with Crippen LogP contribution in [0.15, 0.2) is 34.4 Å². The zero-order valence-electron chi connectivity index (χ0n) is 14.8. The summed E-state index contributed by atoms with van der Waals surface area (Å²) >= 11 is 1.73. The second kappa shape index (κ2) is 8.84. The number of hydrogen-bond donors (Lipinski definition) is 2. The van der Waals surface area contributed by atoms with Crippen molar-refractivity contribution in [2.45, 2.75) is 26.2 Å². The maximum atomic E-state index is 11.9. The third kappa shape index (κ3) is 5.08. The number of benzene rings is 1. The summed E-state index contributed by atoms with van der Waals surface area (Å²) in [6.45, 7) is 3.43. The van der Waals surface area contributed by atoms with Crippen LogP contribution in [0, 0.1) is 0 Å². The molecule has 1 saturated heterocycles. The lowest BCUT2D eigenvalue weighted by molar-refractivity contribution is -0.133. The number of nitrogens with zero attached hydrogens (tertiary/aromatic N) is 3. The number of hydrazone groups is 1. The minimum absolute atomic E-state index is 0.0321. The Morgan fingerprint density at radius 1 is 1.31 bits per heavy atom. The third-order valence-electron chi connectivity index (χ3n) is 4.20. The van der Waals surface area contributed by atoms with Crippen molar-refractivity contribution in [1.82, 2.24) is 10.3 Å². The van der Waals surface area contributed by atoms with Gasteiger partial charge in [-0.05, 0) is 37.5 Å². The van der Waals surface area contributed by atoms with E-state index < -0.39 is 0 Å². The summed E-state index contributed by atoms with van der Waals surface area (Å²) in [5, 5.41) is 8.40. The lowest BCUT2D eigenvalue weighted by Crippen LogP contribution is -2.36. The number of thioether (sulfide) groups is 1.